The molecule has 168 valence electrons. The van der Waals surface area contributed by atoms with Gasteiger partial charge in [0, 0.05) is 25.2 Å². The first kappa shape index (κ1) is 24.7. The molecule has 3 rings (SSSR count). The second kappa shape index (κ2) is 12.3. The fraction of sp³-hybridized carbons (Fsp3) is 0.364. The maximum absolute atomic E-state index is 13.2. The Balaban J connectivity index is 0.00000341. The minimum atomic E-state index is -0.325. The average Bonchev–Trinajstić information content (AvgIpc) is 2.73. The fourth-order valence-electron chi connectivity index (χ4n) is 3.06. The van der Waals surface area contributed by atoms with Crippen molar-refractivity contribution in [1.82, 2.24) is 10.6 Å². The number of carbonyl (C=O) groups excluding carboxylic acids is 1. The lowest BCUT2D eigenvalue weighted by atomic mass is 10.0. The normalized spacial score (nSPS) is 13.9. The minimum Gasteiger partial charge on any atom is -0.492 e. The fourth-order valence-corrected chi connectivity index (χ4v) is 3.06. The maximum Gasteiger partial charge on any atom is 0.224 e. The number of hydrogen-bond acceptors (Lipinski definition) is 4. The van der Waals surface area contributed by atoms with Crippen LogP contribution in [0.1, 0.15) is 18.9 Å². The predicted molar refractivity (Wildman–Crippen MR) is 130 cm³/mol. The van der Waals surface area contributed by atoms with E-state index in [0.29, 0.717) is 37.8 Å². The van der Waals surface area contributed by atoms with E-state index in [9.17, 15) is 9.18 Å². The number of benzene rings is 2. The summed E-state index contributed by atoms with van der Waals surface area (Å²) in [6.07, 6.45) is 1.06. The van der Waals surface area contributed by atoms with Gasteiger partial charge in [-0.25, -0.2) is 4.39 Å². The molecule has 31 heavy (non-hydrogen) atoms. The molecule has 1 aliphatic heterocycles. The van der Waals surface area contributed by atoms with Gasteiger partial charge in [0.2, 0.25) is 5.91 Å². The molecular formula is C22H28FIN4O3. The molecule has 0 radical (unpaired) electrons. The van der Waals surface area contributed by atoms with E-state index in [1.165, 1.54) is 12.1 Å². The molecule has 1 heterocycles. The number of aliphatic imine (C=N–C) groups is 1. The van der Waals surface area contributed by atoms with Gasteiger partial charge in [-0.2, -0.15) is 0 Å². The number of carbonyl (C=O) groups is 1. The molecule has 0 saturated heterocycles. The van der Waals surface area contributed by atoms with Crippen molar-refractivity contribution in [3.63, 3.8) is 0 Å². The highest BCUT2D eigenvalue weighted by Crippen LogP contribution is 2.26. The first-order valence-electron chi connectivity index (χ1n) is 9.96. The molecule has 0 spiro atoms. The summed E-state index contributed by atoms with van der Waals surface area (Å²) in [6.45, 7) is 3.42. The zero-order chi connectivity index (χ0) is 21.3. The lowest BCUT2D eigenvalue weighted by molar-refractivity contribution is -0.116. The molecule has 1 amide bonds. The Morgan fingerprint density at radius 2 is 2.03 bits per heavy atom. The summed E-state index contributed by atoms with van der Waals surface area (Å²) in [6, 6.07) is 11.8. The van der Waals surface area contributed by atoms with Crippen molar-refractivity contribution in [2.45, 2.75) is 25.9 Å². The molecule has 1 unspecified atom stereocenters. The minimum absolute atomic E-state index is 0. The number of ether oxygens (including phenoxy) is 2. The van der Waals surface area contributed by atoms with Crippen molar-refractivity contribution in [1.29, 1.82) is 0 Å². The summed E-state index contributed by atoms with van der Waals surface area (Å²) in [4.78, 5) is 15.6. The van der Waals surface area contributed by atoms with E-state index in [1.807, 2.05) is 25.1 Å². The van der Waals surface area contributed by atoms with Crippen LogP contribution in [0.25, 0.3) is 0 Å². The standard InChI is InChI=1S/C22H27FN4O3.HI/c1-15(30-19-5-3-4-17(23)13-19)14-26-22(24-2)25-10-11-29-18-7-8-20-16(12-18)6-9-21(28)27-20;/h3-5,7-8,12-13,15H,6,9-11,14H2,1-2H3,(H,27,28)(H2,24,25,26);1H. The van der Waals surface area contributed by atoms with Crippen LogP contribution >= 0.6 is 24.0 Å². The van der Waals surface area contributed by atoms with Gasteiger partial charge < -0.3 is 25.4 Å². The summed E-state index contributed by atoms with van der Waals surface area (Å²) in [5, 5.41) is 9.21. The number of aryl methyl sites for hydroxylation is 1. The summed E-state index contributed by atoms with van der Waals surface area (Å²) < 4.78 is 24.7. The lowest BCUT2D eigenvalue weighted by Crippen LogP contribution is -2.43. The van der Waals surface area contributed by atoms with Gasteiger partial charge in [-0.3, -0.25) is 9.79 Å². The first-order valence-corrected chi connectivity index (χ1v) is 9.96. The quantitative estimate of drug-likeness (QED) is 0.206. The summed E-state index contributed by atoms with van der Waals surface area (Å²) in [5.41, 5.74) is 1.95. The average molecular weight is 542 g/mol. The van der Waals surface area contributed by atoms with Crippen molar-refractivity contribution >= 4 is 41.5 Å². The Morgan fingerprint density at radius 3 is 2.81 bits per heavy atom. The third-order valence-corrected chi connectivity index (χ3v) is 4.55. The van der Waals surface area contributed by atoms with Gasteiger partial charge in [0.1, 0.15) is 30.0 Å². The van der Waals surface area contributed by atoms with Gasteiger partial charge in [0.15, 0.2) is 5.96 Å². The number of hydrogen-bond donors (Lipinski definition) is 3. The van der Waals surface area contributed by atoms with Crippen molar-refractivity contribution in [2.24, 2.45) is 4.99 Å². The second-order valence-electron chi connectivity index (χ2n) is 6.98. The molecule has 2 aromatic rings. The lowest BCUT2D eigenvalue weighted by Gasteiger charge is -2.19. The smallest absolute Gasteiger partial charge is 0.224 e. The Morgan fingerprint density at radius 1 is 1.19 bits per heavy atom. The van der Waals surface area contributed by atoms with Crippen molar-refractivity contribution in [3.8, 4) is 11.5 Å². The van der Waals surface area contributed by atoms with E-state index in [1.54, 1.807) is 19.2 Å². The number of halogens is 2. The van der Waals surface area contributed by atoms with Crippen LogP contribution in [0.3, 0.4) is 0 Å². The number of rotatable bonds is 8. The number of amides is 1. The van der Waals surface area contributed by atoms with E-state index in [-0.39, 0.29) is 41.8 Å². The molecule has 0 bridgehead atoms. The number of nitrogens with zero attached hydrogens (tertiary/aromatic N) is 1. The zero-order valence-corrected chi connectivity index (χ0v) is 19.9. The van der Waals surface area contributed by atoms with E-state index < -0.39 is 0 Å². The molecule has 1 atom stereocenters. The highest BCUT2D eigenvalue weighted by molar-refractivity contribution is 14.0. The first-order chi connectivity index (χ1) is 14.5. The molecule has 0 fully saturated rings. The van der Waals surface area contributed by atoms with Crippen LogP contribution in [0.5, 0.6) is 11.5 Å². The van der Waals surface area contributed by atoms with Crippen LogP contribution in [0.4, 0.5) is 10.1 Å². The van der Waals surface area contributed by atoms with Crippen LogP contribution < -0.4 is 25.4 Å². The van der Waals surface area contributed by atoms with Gasteiger partial charge in [-0.1, -0.05) is 6.07 Å². The Bertz CT molecular complexity index is 910. The summed E-state index contributed by atoms with van der Waals surface area (Å²) in [5.74, 6) is 1.61. The largest absolute Gasteiger partial charge is 0.492 e. The monoisotopic (exact) mass is 542 g/mol. The van der Waals surface area contributed by atoms with Gasteiger partial charge in [0.05, 0.1) is 13.1 Å². The predicted octanol–water partition coefficient (Wildman–Crippen LogP) is 3.34. The van der Waals surface area contributed by atoms with Crippen LogP contribution in [0.2, 0.25) is 0 Å². The Hall–Kier alpha value is -2.56. The van der Waals surface area contributed by atoms with E-state index >= 15 is 0 Å². The summed E-state index contributed by atoms with van der Waals surface area (Å²) in [7, 11) is 1.69. The van der Waals surface area contributed by atoms with Crippen LogP contribution in [-0.2, 0) is 11.2 Å². The molecular weight excluding hydrogens is 514 g/mol. The molecule has 1 aliphatic rings. The second-order valence-corrected chi connectivity index (χ2v) is 6.98. The van der Waals surface area contributed by atoms with E-state index in [4.69, 9.17) is 9.47 Å². The van der Waals surface area contributed by atoms with E-state index in [2.05, 4.69) is 20.9 Å². The van der Waals surface area contributed by atoms with Gasteiger partial charge in [0.25, 0.3) is 0 Å². The summed E-state index contributed by atoms with van der Waals surface area (Å²) >= 11 is 0. The molecule has 9 heteroatoms. The molecule has 2 aromatic carbocycles. The third-order valence-electron chi connectivity index (χ3n) is 4.55. The molecule has 0 saturated carbocycles. The number of guanidine groups is 1. The van der Waals surface area contributed by atoms with Crippen LogP contribution in [0, 0.1) is 5.82 Å². The third kappa shape index (κ3) is 7.89. The van der Waals surface area contributed by atoms with Crippen molar-refractivity contribution in [3.05, 3.63) is 53.8 Å². The highest BCUT2D eigenvalue weighted by atomic mass is 127. The maximum atomic E-state index is 13.2. The highest BCUT2D eigenvalue weighted by Gasteiger charge is 2.15. The topological polar surface area (TPSA) is 84.0 Å². The Kier molecular flexibility index (Phi) is 9.83. The van der Waals surface area contributed by atoms with Crippen LogP contribution in [-0.4, -0.2) is 44.7 Å². The van der Waals surface area contributed by atoms with Crippen molar-refractivity contribution < 1.29 is 18.7 Å². The molecule has 0 aliphatic carbocycles. The molecule has 3 N–H and O–H groups in total. The number of anilines is 1. The van der Waals surface area contributed by atoms with Gasteiger partial charge >= 0.3 is 0 Å². The molecule has 7 nitrogen and oxygen atoms in total. The van der Waals surface area contributed by atoms with Gasteiger partial charge in [-0.05, 0) is 49.2 Å². The van der Waals surface area contributed by atoms with Crippen LogP contribution in [0.15, 0.2) is 47.5 Å². The molecule has 0 aromatic heterocycles. The SMILES string of the molecule is CN=C(NCCOc1ccc2c(c1)CCC(=O)N2)NCC(C)Oc1cccc(F)c1.I. The number of nitrogens with one attached hydrogen (secondary N) is 3. The van der Waals surface area contributed by atoms with Crippen molar-refractivity contribution in [2.75, 3.05) is 32.1 Å². The van der Waals surface area contributed by atoms with E-state index in [0.717, 1.165) is 23.4 Å². The van der Waals surface area contributed by atoms with Gasteiger partial charge in [-0.15, -0.1) is 24.0 Å². The Labute approximate surface area is 198 Å². The number of fused-ring (bicyclic) bond motifs is 1. The zero-order valence-electron chi connectivity index (χ0n) is 17.6.